The summed E-state index contributed by atoms with van der Waals surface area (Å²) in [4.78, 5) is 15.6. The monoisotopic (exact) mass is 413 g/mol. The summed E-state index contributed by atoms with van der Waals surface area (Å²) < 4.78 is 30.1. The molecular formula is C23H25F2N3O2. The Morgan fingerprint density at radius 3 is 2.40 bits per heavy atom. The van der Waals surface area contributed by atoms with Gasteiger partial charge in [-0.2, -0.15) is 8.78 Å². The highest BCUT2D eigenvalue weighted by atomic mass is 19.3. The van der Waals surface area contributed by atoms with Crippen LogP contribution >= 0.6 is 0 Å². The Balaban J connectivity index is 1.87. The van der Waals surface area contributed by atoms with Crippen molar-refractivity contribution in [3.05, 3.63) is 71.3 Å². The number of aromatic carboxylic acids is 1. The zero-order valence-electron chi connectivity index (χ0n) is 17.1. The van der Waals surface area contributed by atoms with E-state index in [2.05, 4.69) is 10.1 Å². The molecule has 0 fully saturated rings. The van der Waals surface area contributed by atoms with Gasteiger partial charge in [-0.3, -0.25) is 0 Å². The van der Waals surface area contributed by atoms with E-state index in [1.54, 1.807) is 35.9 Å². The van der Waals surface area contributed by atoms with Crippen LogP contribution in [0.1, 0.15) is 60.7 Å². The van der Waals surface area contributed by atoms with Crippen LogP contribution in [0.25, 0.3) is 11.1 Å². The molecule has 158 valence electrons. The number of halogens is 2. The minimum Gasteiger partial charge on any atom is -0.478 e. The van der Waals surface area contributed by atoms with Crippen LogP contribution in [0.15, 0.2) is 48.5 Å². The number of hydrogen-bond acceptors (Lipinski definition) is 3. The molecule has 7 heteroatoms. The van der Waals surface area contributed by atoms with Crippen molar-refractivity contribution in [2.24, 2.45) is 0 Å². The topological polar surface area (TPSA) is 68.0 Å². The number of rotatable bonds is 9. The normalized spacial score (nSPS) is 11.6. The molecule has 0 unspecified atom stereocenters. The average molecular weight is 413 g/mol. The van der Waals surface area contributed by atoms with E-state index >= 15 is 0 Å². The molecule has 0 amide bonds. The third-order valence-electron chi connectivity index (χ3n) is 4.86. The van der Waals surface area contributed by atoms with Crippen LogP contribution in [0.4, 0.5) is 8.78 Å². The number of aryl methyl sites for hydroxylation is 1. The number of benzene rings is 2. The maximum atomic E-state index is 14.3. The van der Waals surface area contributed by atoms with Crippen LogP contribution < -0.4 is 0 Å². The van der Waals surface area contributed by atoms with Gasteiger partial charge in [-0.25, -0.2) is 14.5 Å². The summed E-state index contributed by atoms with van der Waals surface area (Å²) >= 11 is 0. The van der Waals surface area contributed by atoms with Gasteiger partial charge in [-0.15, -0.1) is 5.10 Å². The second-order valence-corrected chi connectivity index (χ2v) is 7.25. The van der Waals surface area contributed by atoms with Gasteiger partial charge in [-0.1, -0.05) is 56.3 Å². The molecule has 1 N–H and O–H groups in total. The van der Waals surface area contributed by atoms with E-state index < -0.39 is 17.7 Å². The standard InChI is InChI=1S/C23H25F2N3O2/c1-3-13-23(24,25)22-26-20(28(27-22)14-4-2)15-16-9-11-17(12-10-16)18-7-5-6-8-19(18)21(29)30/h5-12H,3-4,13-15H2,1-2H3,(H,29,30). The first kappa shape index (κ1) is 21.6. The summed E-state index contributed by atoms with van der Waals surface area (Å²) in [6.07, 6.45) is 1.21. The first-order valence-electron chi connectivity index (χ1n) is 10.1. The van der Waals surface area contributed by atoms with Gasteiger partial charge in [-0.05, 0) is 35.6 Å². The van der Waals surface area contributed by atoms with Crippen molar-refractivity contribution in [3.63, 3.8) is 0 Å². The summed E-state index contributed by atoms with van der Waals surface area (Å²) in [7, 11) is 0. The smallest absolute Gasteiger partial charge is 0.336 e. The molecule has 1 heterocycles. The Kier molecular flexibility index (Phi) is 6.59. The summed E-state index contributed by atoms with van der Waals surface area (Å²) in [5.74, 6) is -3.93. The quantitative estimate of drug-likeness (QED) is 0.500. The Hall–Kier alpha value is -3.09. The molecule has 30 heavy (non-hydrogen) atoms. The van der Waals surface area contributed by atoms with E-state index in [1.165, 1.54) is 0 Å². The Morgan fingerprint density at radius 2 is 1.77 bits per heavy atom. The van der Waals surface area contributed by atoms with E-state index in [-0.39, 0.29) is 12.0 Å². The molecule has 0 aliphatic carbocycles. The number of carboxylic acids is 1. The lowest BCUT2D eigenvalue weighted by Gasteiger charge is -2.10. The number of alkyl halides is 2. The molecule has 5 nitrogen and oxygen atoms in total. The fourth-order valence-electron chi connectivity index (χ4n) is 3.38. The molecule has 0 bridgehead atoms. The van der Waals surface area contributed by atoms with E-state index in [9.17, 15) is 18.7 Å². The van der Waals surface area contributed by atoms with Crippen LogP contribution in [0.5, 0.6) is 0 Å². The van der Waals surface area contributed by atoms with Crippen LogP contribution in [0, 0.1) is 0 Å². The highest BCUT2D eigenvalue weighted by Gasteiger charge is 2.36. The fraction of sp³-hybridized carbons (Fsp3) is 0.348. The summed E-state index contributed by atoms with van der Waals surface area (Å²) in [6.45, 7) is 4.19. The molecular weight excluding hydrogens is 388 g/mol. The molecule has 0 spiro atoms. The van der Waals surface area contributed by atoms with Crippen molar-refractivity contribution in [2.75, 3.05) is 0 Å². The molecule has 1 aromatic heterocycles. The minimum absolute atomic E-state index is 0.232. The maximum Gasteiger partial charge on any atom is 0.336 e. The predicted molar refractivity (Wildman–Crippen MR) is 111 cm³/mol. The Labute approximate surface area is 174 Å². The lowest BCUT2D eigenvalue weighted by Crippen LogP contribution is -2.15. The zero-order valence-corrected chi connectivity index (χ0v) is 17.1. The molecule has 2 aromatic carbocycles. The number of carbonyl (C=O) groups is 1. The molecule has 3 rings (SSSR count). The Morgan fingerprint density at radius 1 is 1.07 bits per heavy atom. The number of hydrogen-bond donors (Lipinski definition) is 1. The third-order valence-corrected chi connectivity index (χ3v) is 4.86. The SMILES string of the molecule is CCCn1nc(C(F)(F)CCC)nc1Cc1ccc(-c2ccccc2C(=O)O)cc1. The lowest BCUT2D eigenvalue weighted by atomic mass is 9.98. The summed E-state index contributed by atoms with van der Waals surface area (Å²) in [6, 6.07) is 14.2. The van der Waals surface area contributed by atoms with Gasteiger partial charge < -0.3 is 5.11 Å². The predicted octanol–water partition coefficient (Wildman–Crippen LogP) is 5.54. The van der Waals surface area contributed by atoms with Crippen LogP contribution in [-0.4, -0.2) is 25.8 Å². The molecule has 0 aliphatic rings. The molecule has 0 saturated heterocycles. The summed E-state index contributed by atoms with van der Waals surface area (Å²) in [5.41, 5.74) is 2.53. The zero-order chi connectivity index (χ0) is 21.7. The highest BCUT2D eigenvalue weighted by Crippen LogP contribution is 2.31. The molecule has 0 atom stereocenters. The lowest BCUT2D eigenvalue weighted by molar-refractivity contribution is -0.0232. The molecule has 0 saturated carbocycles. The third kappa shape index (κ3) is 4.72. The Bertz CT molecular complexity index is 1010. The van der Waals surface area contributed by atoms with Gasteiger partial charge in [0.2, 0.25) is 5.82 Å². The highest BCUT2D eigenvalue weighted by molar-refractivity contribution is 5.95. The van der Waals surface area contributed by atoms with E-state index in [0.29, 0.717) is 30.8 Å². The van der Waals surface area contributed by atoms with Gasteiger partial charge in [0.05, 0.1) is 5.56 Å². The van der Waals surface area contributed by atoms with Gasteiger partial charge in [0.15, 0.2) is 0 Å². The van der Waals surface area contributed by atoms with Crippen molar-refractivity contribution >= 4 is 5.97 Å². The maximum absolute atomic E-state index is 14.3. The first-order chi connectivity index (χ1) is 14.4. The van der Waals surface area contributed by atoms with Gasteiger partial charge in [0.25, 0.3) is 0 Å². The van der Waals surface area contributed by atoms with Gasteiger partial charge in [0.1, 0.15) is 5.82 Å². The van der Waals surface area contributed by atoms with Crippen molar-refractivity contribution in [2.45, 2.75) is 52.0 Å². The van der Waals surface area contributed by atoms with E-state index in [4.69, 9.17) is 0 Å². The van der Waals surface area contributed by atoms with Crippen molar-refractivity contribution < 1.29 is 18.7 Å². The number of carboxylic acid groups (broad SMARTS) is 1. The number of aromatic nitrogens is 3. The number of nitrogens with zero attached hydrogens (tertiary/aromatic N) is 3. The van der Waals surface area contributed by atoms with Crippen molar-refractivity contribution in [1.29, 1.82) is 0 Å². The largest absolute Gasteiger partial charge is 0.478 e. The first-order valence-corrected chi connectivity index (χ1v) is 10.1. The minimum atomic E-state index is -3.03. The summed E-state index contributed by atoms with van der Waals surface area (Å²) in [5, 5.41) is 13.5. The molecule has 3 aromatic rings. The van der Waals surface area contributed by atoms with Gasteiger partial charge in [0, 0.05) is 19.4 Å². The second-order valence-electron chi connectivity index (χ2n) is 7.25. The average Bonchev–Trinajstić information content (AvgIpc) is 3.12. The molecule has 0 aliphatic heterocycles. The van der Waals surface area contributed by atoms with Crippen LogP contribution in [-0.2, 0) is 18.9 Å². The van der Waals surface area contributed by atoms with Gasteiger partial charge >= 0.3 is 11.9 Å². The fourth-order valence-corrected chi connectivity index (χ4v) is 3.38. The second kappa shape index (κ2) is 9.15. The van der Waals surface area contributed by atoms with Crippen molar-refractivity contribution in [3.8, 4) is 11.1 Å². The van der Waals surface area contributed by atoms with Crippen molar-refractivity contribution in [1.82, 2.24) is 14.8 Å². The molecule has 0 radical (unpaired) electrons. The van der Waals surface area contributed by atoms with E-state index in [0.717, 1.165) is 17.5 Å². The van der Waals surface area contributed by atoms with Crippen LogP contribution in [0.2, 0.25) is 0 Å². The van der Waals surface area contributed by atoms with Crippen LogP contribution in [0.3, 0.4) is 0 Å². The van der Waals surface area contributed by atoms with E-state index in [1.807, 2.05) is 31.2 Å².